The molecular weight excluding hydrogens is 294 g/mol. The zero-order valence-corrected chi connectivity index (χ0v) is 12.6. The van der Waals surface area contributed by atoms with Gasteiger partial charge in [0.2, 0.25) is 10.0 Å². The SMILES string of the molecule is C[C@H]1CCCN(S(=O)(=O)c2ccc([N+](=O)[O-])cc2)[C@@H]1CN. The summed E-state index contributed by atoms with van der Waals surface area (Å²) < 4.78 is 26.8. The summed E-state index contributed by atoms with van der Waals surface area (Å²) >= 11 is 0. The Morgan fingerprint density at radius 2 is 2.00 bits per heavy atom. The van der Waals surface area contributed by atoms with Crippen LogP contribution < -0.4 is 5.73 Å². The molecule has 0 unspecified atom stereocenters. The summed E-state index contributed by atoms with van der Waals surface area (Å²) in [6, 6.07) is 4.75. The summed E-state index contributed by atoms with van der Waals surface area (Å²) in [6.45, 7) is 2.70. The predicted octanol–water partition coefficient (Wildman–Crippen LogP) is 1.34. The standard InChI is InChI=1S/C13H19N3O4S/c1-10-3-2-8-15(13(10)9-14)21(19,20)12-6-4-11(5-7-12)16(17)18/h4-7,10,13H,2-3,8-9,14H2,1H3/t10-,13+/m0/s1. The second kappa shape index (κ2) is 6.08. The van der Waals surface area contributed by atoms with E-state index < -0.39 is 14.9 Å². The Bertz CT molecular complexity index is 615. The number of non-ortho nitro benzene ring substituents is 1. The molecule has 2 rings (SSSR count). The maximum atomic E-state index is 12.7. The van der Waals surface area contributed by atoms with Crippen LogP contribution >= 0.6 is 0 Å². The maximum absolute atomic E-state index is 12.7. The van der Waals surface area contributed by atoms with Gasteiger partial charge in [0, 0.05) is 31.3 Å². The Labute approximate surface area is 123 Å². The largest absolute Gasteiger partial charge is 0.329 e. The van der Waals surface area contributed by atoms with E-state index in [0.29, 0.717) is 6.54 Å². The van der Waals surface area contributed by atoms with Gasteiger partial charge in [-0.3, -0.25) is 10.1 Å². The van der Waals surface area contributed by atoms with E-state index in [4.69, 9.17) is 5.73 Å². The predicted molar refractivity (Wildman–Crippen MR) is 78.2 cm³/mol. The Morgan fingerprint density at radius 1 is 1.38 bits per heavy atom. The molecule has 0 spiro atoms. The molecule has 1 aliphatic rings. The van der Waals surface area contributed by atoms with Crippen molar-refractivity contribution >= 4 is 15.7 Å². The highest BCUT2D eigenvalue weighted by Gasteiger charge is 2.36. The first kappa shape index (κ1) is 15.9. The Kier molecular flexibility index (Phi) is 4.60. The minimum absolute atomic E-state index is 0.0700. The second-order valence-corrected chi connectivity index (χ2v) is 7.18. The molecule has 1 heterocycles. The minimum Gasteiger partial charge on any atom is -0.329 e. The van der Waals surface area contributed by atoms with Gasteiger partial charge in [0.15, 0.2) is 0 Å². The number of nitrogens with zero attached hydrogens (tertiary/aromatic N) is 2. The van der Waals surface area contributed by atoms with Gasteiger partial charge in [-0.2, -0.15) is 4.31 Å². The second-order valence-electron chi connectivity index (χ2n) is 5.29. The van der Waals surface area contributed by atoms with Gasteiger partial charge in [-0.1, -0.05) is 6.92 Å². The maximum Gasteiger partial charge on any atom is 0.269 e. The molecule has 1 aromatic rings. The van der Waals surface area contributed by atoms with Crippen LogP contribution in [-0.2, 0) is 10.0 Å². The van der Waals surface area contributed by atoms with Crippen molar-refractivity contribution in [3.05, 3.63) is 34.4 Å². The van der Waals surface area contributed by atoms with Crippen molar-refractivity contribution in [1.29, 1.82) is 0 Å². The Balaban J connectivity index is 2.34. The third-order valence-electron chi connectivity index (χ3n) is 3.96. The Hall–Kier alpha value is -1.51. The molecule has 116 valence electrons. The highest BCUT2D eigenvalue weighted by atomic mass is 32.2. The van der Waals surface area contributed by atoms with Gasteiger partial charge in [0.25, 0.3) is 5.69 Å². The number of hydrogen-bond donors (Lipinski definition) is 1. The summed E-state index contributed by atoms with van der Waals surface area (Å²) in [4.78, 5) is 10.2. The molecule has 1 aliphatic heterocycles. The fourth-order valence-corrected chi connectivity index (χ4v) is 4.51. The average Bonchev–Trinajstić information content (AvgIpc) is 2.47. The first-order valence-corrected chi connectivity index (χ1v) is 8.28. The van der Waals surface area contributed by atoms with E-state index in [-0.39, 0.29) is 29.1 Å². The molecule has 0 radical (unpaired) electrons. The third kappa shape index (κ3) is 3.07. The smallest absolute Gasteiger partial charge is 0.269 e. The lowest BCUT2D eigenvalue weighted by Crippen LogP contribution is -2.51. The van der Waals surface area contributed by atoms with Crippen LogP contribution in [0.1, 0.15) is 19.8 Å². The van der Waals surface area contributed by atoms with E-state index in [1.165, 1.54) is 28.6 Å². The molecule has 0 saturated carbocycles. The van der Waals surface area contributed by atoms with Gasteiger partial charge in [-0.25, -0.2) is 8.42 Å². The summed E-state index contributed by atoms with van der Waals surface area (Å²) in [7, 11) is -3.67. The number of nitro benzene ring substituents is 1. The molecular formula is C13H19N3O4S. The highest BCUT2D eigenvalue weighted by molar-refractivity contribution is 7.89. The average molecular weight is 313 g/mol. The van der Waals surface area contributed by atoms with Crippen molar-refractivity contribution in [2.75, 3.05) is 13.1 Å². The molecule has 21 heavy (non-hydrogen) atoms. The zero-order valence-electron chi connectivity index (χ0n) is 11.8. The van der Waals surface area contributed by atoms with Crippen molar-refractivity contribution in [3.8, 4) is 0 Å². The summed E-state index contributed by atoms with van der Waals surface area (Å²) in [5, 5.41) is 10.6. The fraction of sp³-hybridized carbons (Fsp3) is 0.538. The topological polar surface area (TPSA) is 107 Å². The van der Waals surface area contributed by atoms with Gasteiger partial charge in [0.1, 0.15) is 0 Å². The Morgan fingerprint density at radius 3 is 2.52 bits per heavy atom. The van der Waals surface area contributed by atoms with E-state index in [2.05, 4.69) is 0 Å². The molecule has 1 saturated heterocycles. The van der Waals surface area contributed by atoms with Crippen molar-refractivity contribution in [3.63, 3.8) is 0 Å². The van der Waals surface area contributed by atoms with Gasteiger partial charge < -0.3 is 5.73 Å². The van der Waals surface area contributed by atoms with Crippen molar-refractivity contribution in [1.82, 2.24) is 4.31 Å². The first-order chi connectivity index (χ1) is 9.87. The molecule has 0 aromatic heterocycles. The van der Waals surface area contributed by atoms with Crippen LogP contribution in [0.2, 0.25) is 0 Å². The molecule has 2 N–H and O–H groups in total. The van der Waals surface area contributed by atoms with Gasteiger partial charge in [0.05, 0.1) is 9.82 Å². The lowest BCUT2D eigenvalue weighted by atomic mass is 9.93. The third-order valence-corrected chi connectivity index (χ3v) is 5.90. The van der Waals surface area contributed by atoms with Crippen LogP contribution in [0.5, 0.6) is 0 Å². The molecule has 1 aromatic carbocycles. The number of nitro groups is 1. The van der Waals surface area contributed by atoms with E-state index >= 15 is 0 Å². The van der Waals surface area contributed by atoms with Gasteiger partial charge in [-0.15, -0.1) is 0 Å². The fourth-order valence-electron chi connectivity index (χ4n) is 2.73. The van der Waals surface area contributed by atoms with E-state index in [1.54, 1.807) is 0 Å². The monoisotopic (exact) mass is 313 g/mol. The summed E-state index contributed by atoms with van der Waals surface area (Å²) in [5.74, 6) is 0.205. The molecule has 1 fully saturated rings. The first-order valence-electron chi connectivity index (χ1n) is 6.84. The number of piperidine rings is 1. The van der Waals surface area contributed by atoms with Crippen LogP contribution in [0.4, 0.5) is 5.69 Å². The van der Waals surface area contributed by atoms with Crippen molar-refractivity contribution in [2.24, 2.45) is 11.7 Å². The van der Waals surface area contributed by atoms with Crippen LogP contribution in [0.25, 0.3) is 0 Å². The minimum atomic E-state index is -3.67. The lowest BCUT2D eigenvalue weighted by molar-refractivity contribution is -0.384. The number of sulfonamides is 1. The highest BCUT2D eigenvalue weighted by Crippen LogP contribution is 2.29. The quantitative estimate of drug-likeness (QED) is 0.667. The number of rotatable bonds is 4. The molecule has 2 atom stereocenters. The van der Waals surface area contributed by atoms with Crippen molar-refractivity contribution in [2.45, 2.75) is 30.7 Å². The van der Waals surface area contributed by atoms with E-state index in [9.17, 15) is 18.5 Å². The van der Waals surface area contributed by atoms with E-state index in [1.807, 2.05) is 6.92 Å². The van der Waals surface area contributed by atoms with Crippen LogP contribution in [-0.4, -0.2) is 36.8 Å². The van der Waals surface area contributed by atoms with Crippen LogP contribution in [0, 0.1) is 16.0 Å². The van der Waals surface area contributed by atoms with E-state index in [0.717, 1.165) is 12.8 Å². The van der Waals surface area contributed by atoms with Crippen LogP contribution in [0.3, 0.4) is 0 Å². The number of benzene rings is 1. The van der Waals surface area contributed by atoms with Gasteiger partial charge in [-0.05, 0) is 30.9 Å². The normalized spacial score (nSPS) is 23.9. The molecule has 8 heteroatoms. The number of nitrogens with two attached hydrogens (primary N) is 1. The van der Waals surface area contributed by atoms with Crippen LogP contribution in [0.15, 0.2) is 29.2 Å². The molecule has 0 aliphatic carbocycles. The zero-order chi connectivity index (χ0) is 15.6. The molecule has 0 amide bonds. The molecule has 7 nitrogen and oxygen atoms in total. The van der Waals surface area contributed by atoms with Crippen molar-refractivity contribution < 1.29 is 13.3 Å². The number of hydrogen-bond acceptors (Lipinski definition) is 5. The van der Waals surface area contributed by atoms with Gasteiger partial charge >= 0.3 is 0 Å². The summed E-state index contributed by atoms with van der Waals surface area (Å²) in [5.41, 5.74) is 5.60. The summed E-state index contributed by atoms with van der Waals surface area (Å²) in [6.07, 6.45) is 1.75. The molecule has 0 bridgehead atoms. The lowest BCUT2D eigenvalue weighted by Gasteiger charge is -2.38.